The Kier molecular flexibility index (Phi) is 4.45. The molecule has 0 radical (unpaired) electrons. The number of hydrogen-bond donors (Lipinski definition) is 2. The van der Waals surface area contributed by atoms with Gasteiger partial charge in [-0.3, -0.25) is 9.59 Å². The number of nitrogens with zero attached hydrogens (tertiary/aromatic N) is 1. The van der Waals surface area contributed by atoms with Crippen molar-refractivity contribution in [2.45, 2.75) is 13.1 Å². The fraction of sp³-hybridized carbons (Fsp3) is 0.154. The van der Waals surface area contributed by atoms with E-state index in [0.717, 1.165) is 35.6 Å². The fourth-order valence-corrected chi connectivity index (χ4v) is 2.26. The lowest BCUT2D eigenvalue weighted by Crippen LogP contribution is -2.13. The third kappa shape index (κ3) is 4.04. The topological polar surface area (TPSA) is 71.1 Å². The number of carbonyl (C=O) groups is 2. The number of carbonyl (C=O) groups excluding carboxylic acids is 2. The first kappa shape index (κ1) is 16.0. The first-order valence-electron chi connectivity index (χ1n) is 5.97. The minimum absolute atomic E-state index is 0.0636. The van der Waals surface area contributed by atoms with Gasteiger partial charge in [0, 0.05) is 18.0 Å². The Morgan fingerprint density at radius 1 is 1.14 bits per heavy atom. The zero-order valence-electron chi connectivity index (χ0n) is 11.2. The molecular weight excluding hydrogens is 319 g/mol. The molecule has 0 spiro atoms. The van der Waals surface area contributed by atoms with Crippen LogP contribution in [0.2, 0.25) is 0 Å². The third-order valence-corrected chi connectivity index (χ3v) is 3.25. The van der Waals surface area contributed by atoms with E-state index in [-0.39, 0.29) is 22.4 Å². The Morgan fingerprint density at radius 2 is 1.77 bits per heavy atom. The van der Waals surface area contributed by atoms with Gasteiger partial charge in [-0.15, -0.1) is 11.3 Å². The minimum atomic E-state index is -4.43. The van der Waals surface area contributed by atoms with E-state index >= 15 is 0 Å². The number of amides is 2. The van der Waals surface area contributed by atoms with Crippen molar-refractivity contribution in [3.8, 4) is 0 Å². The molecule has 1 aromatic carbocycles. The summed E-state index contributed by atoms with van der Waals surface area (Å²) in [4.78, 5) is 26.7. The van der Waals surface area contributed by atoms with Crippen LogP contribution in [0.3, 0.4) is 0 Å². The molecule has 0 saturated carbocycles. The van der Waals surface area contributed by atoms with Gasteiger partial charge in [0.15, 0.2) is 5.13 Å². The molecule has 9 heteroatoms. The molecule has 0 aliphatic heterocycles. The Bertz CT molecular complexity index is 695. The van der Waals surface area contributed by atoms with Crippen LogP contribution in [0, 0.1) is 0 Å². The molecule has 0 aliphatic rings. The van der Waals surface area contributed by atoms with E-state index in [1.54, 1.807) is 0 Å². The van der Waals surface area contributed by atoms with Crippen molar-refractivity contribution in [3.05, 3.63) is 40.9 Å². The van der Waals surface area contributed by atoms with Crippen LogP contribution in [0.25, 0.3) is 0 Å². The zero-order valence-corrected chi connectivity index (χ0v) is 12.0. The van der Waals surface area contributed by atoms with E-state index in [0.29, 0.717) is 0 Å². The van der Waals surface area contributed by atoms with Crippen molar-refractivity contribution in [1.82, 2.24) is 4.98 Å². The lowest BCUT2D eigenvalue weighted by molar-refractivity contribution is -0.137. The summed E-state index contributed by atoms with van der Waals surface area (Å²) in [6.07, 6.45) is -4.43. The normalized spacial score (nSPS) is 11.1. The summed E-state index contributed by atoms with van der Waals surface area (Å²) >= 11 is 1.07. The number of alkyl halides is 3. The van der Waals surface area contributed by atoms with Gasteiger partial charge in [0.25, 0.3) is 5.91 Å². The SMILES string of the molecule is CC(=O)Nc1nc(C(=O)Nc2ccc(C(F)(F)F)cc2)cs1. The van der Waals surface area contributed by atoms with Crippen LogP contribution < -0.4 is 10.6 Å². The number of aromatic nitrogens is 1. The summed E-state index contributed by atoms with van der Waals surface area (Å²) < 4.78 is 37.3. The highest BCUT2D eigenvalue weighted by Crippen LogP contribution is 2.29. The van der Waals surface area contributed by atoms with Gasteiger partial charge < -0.3 is 10.6 Å². The van der Waals surface area contributed by atoms with E-state index < -0.39 is 17.6 Å². The van der Waals surface area contributed by atoms with Crippen molar-refractivity contribution in [1.29, 1.82) is 0 Å². The third-order valence-electron chi connectivity index (χ3n) is 2.49. The minimum Gasteiger partial charge on any atom is -0.321 e. The molecule has 0 aliphatic carbocycles. The van der Waals surface area contributed by atoms with Crippen LogP contribution >= 0.6 is 11.3 Å². The van der Waals surface area contributed by atoms with Crippen molar-refractivity contribution < 1.29 is 22.8 Å². The molecule has 22 heavy (non-hydrogen) atoms. The molecule has 2 N–H and O–H groups in total. The van der Waals surface area contributed by atoms with Gasteiger partial charge in [0.05, 0.1) is 5.56 Å². The maximum atomic E-state index is 12.4. The van der Waals surface area contributed by atoms with Gasteiger partial charge >= 0.3 is 6.18 Å². The molecule has 0 saturated heterocycles. The van der Waals surface area contributed by atoms with Crippen molar-refractivity contribution in [3.63, 3.8) is 0 Å². The van der Waals surface area contributed by atoms with E-state index in [1.165, 1.54) is 12.3 Å². The standard InChI is InChI=1S/C13H10F3N3O2S/c1-7(20)17-12-19-10(6-22-12)11(21)18-9-4-2-8(3-5-9)13(14,15)16/h2-6H,1H3,(H,18,21)(H,17,19,20). The lowest BCUT2D eigenvalue weighted by Gasteiger charge is -2.08. The molecular formula is C13H10F3N3O2S. The van der Waals surface area contributed by atoms with E-state index in [9.17, 15) is 22.8 Å². The summed E-state index contributed by atoms with van der Waals surface area (Å²) in [6, 6.07) is 4.06. The largest absolute Gasteiger partial charge is 0.416 e. The average molecular weight is 329 g/mol. The molecule has 0 fully saturated rings. The van der Waals surface area contributed by atoms with E-state index in [2.05, 4.69) is 15.6 Å². The van der Waals surface area contributed by atoms with Crippen LogP contribution in [0.1, 0.15) is 23.0 Å². The Morgan fingerprint density at radius 3 is 2.32 bits per heavy atom. The molecule has 5 nitrogen and oxygen atoms in total. The predicted octanol–water partition coefficient (Wildman–Crippen LogP) is 3.37. The van der Waals surface area contributed by atoms with Crippen LogP contribution in [-0.2, 0) is 11.0 Å². The van der Waals surface area contributed by atoms with Gasteiger partial charge in [-0.25, -0.2) is 4.98 Å². The van der Waals surface area contributed by atoms with Crippen molar-refractivity contribution in [2.24, 2.45) is 0 Å². The maximum Gasteiger partial charge on any atom is 0.416 e. The summed E-state index contributed by atoms with van der Waals surface area (Å²) in [5.41, 5.74) is -0.521. The average Bonchev–Trinajstić information content (AvgIpc) is 2.86. The van der Waals surface area contributed by atoms with Gasteiger partial charge in [-0.1, -0.05) is 0 Å². The predicted molar refractivity (Wildman–Crippen MR) is 75.8 cm³/mol. The monoisotopic (exact) mass is 329 g/mol. The van der Waals surface area contributed by atoms with E-state index in [1.807, 2.05) is 0 Å². The van der Waals surface area contributed by atoms with Gasteiger partial charge in [-0.05, 0) is 24.3 Å². The second-order valence-electron chi connectivity index (χ2n) is 4.25. The van der Waals surface area contributed by atoms with Crippen molar-refractivity contribution in [2.75, 3.05) is 10.6 Å². The summed E-state index contributed by atoms with van der Waals surface area (Å²) in [5.74, 6) is -0.892. The Labute approximate surface area is 127 Å². The van der Waals surface area contributed by atoms with Gasteiger partial charge in [0.2, 0.25) is 5.91 Å². The summed E-state index contributed by atoms with van der Waals surface area (Å²) in [5, 5.41) is 6.56. The summed E-state index contributed by atoms with van der Waals surface area (Å²) in [7, 11) is 0. The molecule has 1 heterocycles. The smallest absolute Gasteiger partial charge is 0.321 e. The molecule has 0 atom stereocenters. The van der Waals surface area contributed by atoms with Crippen molar-refractivity contribution >= 4 is 34.0 Å². The van der Waals surface area contributed by atoms with Crippen LogP contribution in [0.5, 0.6) is 0 Å². The number of halogens is 3. The first-order chi connectivity index (χ1) is 10.3. The highest BCUT2D eigenvalue weighted by atomic mass is 32.1. The van der Waals surface area contributed by atoms with Gasteiger partial charge in [0.1, 0.15) is 5.69 Å². The lowest BCUT2D eigenvalue weighted by atomic mass is 10.2. The second-order valence-corrected chi connectivity index (χ2v) is 5.11. The number of nitrogens with one attached hydrogen (secondary N) is 2. The quantitative estimate of drug-likeness (QED) is 0.907. The van der Waals surface area contributed by atoms with E-state index in [4.69, 9.17) is 0 Å². The summed E-state index contributed by atoms with van der Waals surface area (Å²) in [6.45, 7) is 1.31. The fourth-order valence-electron chi connectivity index (χ4n) is 1.52. The van der Waals surface area contributed by atoms with Gasteiger partial charge in [-0.2, -0.15) is 13.2 Å². The highest BCUT2D eigenvalue weighted by Gasteiger charge is 2.30. The molecule has 116 valence electrons. The Balaban J connectivity index is 2.05. The maximum absolute atomic E-state index is 12.4. The number of benzene rings is 1. The molecule has 2 aromatic rings. The van der Waals surface area contributed by atoms with Crippen LogP contribution in [-0.4, -0.2) is 16.8 Å². The molecule has 0 bridgehead atoms. The molecule has 2 amide bonds. The molecule has 1 aromatic heterocycles. The molecule has 0 unspecified atom stereocenters. The number of rotatable bonds is 3. The number of hydrogen-bond acceptors (Lipinski definition) is 4. The second kappa shape index (κ2) is 6.14. The first-order valence-corrected chi connectivity index (χ1v) is 6.85. The number of thiazole rings is 1. The number of anilines is 2. The molecule has 2 rings (SSSR count). The highest BCUT2D eigenvalue weighted by molar-refractivity contribution is 7.14. The zero-order chi connectivity index (χ0) is 16.3. The van der Waals surface area contributed by atoms with Crippen LogP contribution in [0.4, 0.5) is 24.0 Å². The Hall–Kier alpha value is -2.42. The van der Waals surface area contributed by atoms with Crippen LogP contribution in [0.15, 0.2) is 29.6 Å².